The summed E-state index contributed by atoms with van der Waals surface area (Å²) in [7, 11) is 1.59. The number of amides is 1. The van der Waals surface area contributed by atoms with Crippen molar-refractivity contribution < 1.29 is 14.6 Å². The topological polar surface area (TPSA) is 58.6 Å². The highest BCUT2D eigenvalue weighted by Gasteiger charge is 2.13. The lowest BCUT2D eigenvalue weighted by atomic mass is 10.0. The van der Waals surface area contributed by atoms with Gasteiger partial charge in [0.2, 0.25) is 0 Å². The summed E-state index contributed by atoms with van der Waals surface area (Å²) in [5.41, 5.74) is 1.34. The number of nitrogens with one attached hydrogen (secondary N) is 1. The van der Waals surface area contributed by atoms with Crippen LogP contribution in [0.1, 0.15) is 22.0 Å². The second-order valence-corrected chi connectivity index (χ2v) is 5.53. The minimum atomic E-state index is -0.769. The molecule has 0 bridgehead atoms. The average molecular weight is 321 g/mol. The van der Waals surface area contributed by atoms with Crippen molar-refractivity contribution in [2.24, 2.45) is 0 Å². The first-order valence-electron chi connectivity index (χ1n) is 7.77. The first-order chi connectivity index (χ1) is 11.7. The number of ether oxygens (including phenoxy) is 1. The standard InChI is InChI=1S/C20H19NO3/c1-24-16-11-9-15(10-12-16)19(22)13-21-20(23)18-8-4-6-14-5-2-3-7-17(14)18/h2-12,19,22H,13H2,1H3,(H,21,23). The SMILES string of the molecule is COc1ccc(C(O)CNC(=O)c2cccc3ccccc23)cc1. The Bertz CT molecular complexity index is 838. The smallest absolute Gasteiger partial charge is 0.252 e. The molecule has 122 valence electrons. The Balaban J connectivity index is 1.70. The van der Waals surface area contributed by atoms with Crippen LogP contribution in [0.2, 0.25) is 0 Å². The first kappa shape index (κ1) is 16.0. The Morgan fingerprint density at radius 2 is 1.75 bits per heavy atom. The van der Waals surface area contributed by atoms with E-state index in [2.05, 4.69) is 5.32 Å². The minimum Gasteiger partial charge on any atom is -0.497 e. The molecule has 0 spiro atoms. The first-order valence-corrected chi connectivity index (χ1v) is 7.77. The molecule has 4 heteroatoms. The maximum Gasteiger partial charge on any atom is 0.252 e. The number of aliphatic hydroxyl groups is 1. The van der Waals surface area contributed by atoms with E-state index in [4.69, 9.17) is 4.74 Å². The Morgan fingerprint density at radius 3 is 2.50 bits per heavy atom. The molecule has 1 atom stereocenters. The van der Waals surface area contributed by atoms with Crippen LogP contribution in [0.15, 0.2) is 66.7 Å². The zero-order valence-electron chi connectivity index (χ0n) is 13.4. The van der Waals surface area contributed by atoms with Crippen molar-refractivity contribution >= 4 is 16.7 Å². The summed E-state index contributed by atoms with van der Waals surface area (Å²) in [6.07, 6.45) is -0.769. The molecule has 0 aliphatic rings. The maximum absolute atomic E-state index is 12.5. The molecule has 1 unspecified atom stereocenters. The van der Waals surface area contributed by atoms with Crippen LogP contribution in [0.5, 0.6) is 5.75 Å². The van der Waals surface area contributed by atoms with Gasteiger partial charge in [-0.1, -0.05) is 48.5 Å². The van der Waals surface area contributed by atoms with Crippen LogP contribution >= 0.6 is 0 Å². The highest BCUT2D eigenvalue weighted by atomic mass is 16.5. The predicted octanol–water partition coefficient (Wildman–Crippen LogP) is 3.31. The zero-order valence-corrected chi connectivity index (χ0v) is 13.4. The molecular formula is C20H19NO3. The van der Waals surface area contributed by atoms with E-state index < -0.39 is 6.10 Å². The van der Waals surface area contributed by atoms with Gasteiger partial charge in [-0.25, -0.2) is 0 Å². The fourth-order valence-electron chi connectivity index (χ4n) is 2.65. The molecule has 0 heterocycles. The van der Waals surface area contributed by atoms with Gasteiger partial charge >= 0.3 is 0 Å². The second-order valence-electron chi connectivity index (χ2n) is 5.53. The Morgan fingerprint density at radius 1 is 1.04 bits per heavy atom. The van der Waals surface area contributed by atoms with Gasteiger partial charge < -0.3 is 15.2 Å². The van der Waals surface area contributed by atoms with Gasteiger partial charge in [0.1, 0.15) is 5.75 Å². The number of aliphatic hydroxyl groups excluding tert-OH is 1. The van der Waals surface area contributed by atoms with Crippen molar-refractivity contribution in [2.45, 2.75) is 6.10 Å². The molecule has 24 heavy (non-hydrogen) atoms. The summed E-state index contributed by atoms with van der Waals surface area (Å²) in [6.45, 7) is 0.147. The van der Waals surface area contributed by atoms with Gasteiger partial charge in [-0.05, 0) is 34.5 Å². The number of hydrogen-bond acceptors (Lipinski definition) is 3. The van der Waals surface area contributed by atoms with Crippen LogP contribution in [0.3, 0.4) is 0 Å². The van der Waals surface area contributed by atoms with E-state index in [-0.39, 0.29) is 12.5 Å². The molecule has 0 aliphatic carbocycles. The minimum absolute atomic E-state index is 0.147. The van der Waals surface area contributed by atoms with E-state index in [1.165, 1.54) is 0 Å². The normalized spacial score (nSPS) is 11.9. The van der Waals surface area contributed by atoms with Crippen molar-refractivity contribution in [1.29, 1.82) is 0 Å². The molecule has 3 aromatic carbocycles. The van der Waals surface area contributed by atoms with Crippen LogP contribution in [0.4, 0.5) is 0 Å². The average Bonchev–Trinajstić information content (AvgIpc) is 2.65. The molecular weight excluding hydrogens is 302 g/mol. The van der Waals surface area contributed by atoms with Crippen LogP contribution < -0.4 is 10.1 Å². The second kappa shape index (κ2) is 7.15. The molecule has 0 radical (unpaired) electrons. The van der Waals surface area contributed by atoms with E-state index in [0.717, 1.165) is 22.1 Å². The number of benzene rings is 3. The van der Waals surface area contributed by atoms with Crippen molar-refractivity contribution in [3.63, 3.8) is 0 Å². The predicted molar refractivity (Wildman–Crippen MR) is 94.2 cm³/mol. The van der Waals surface area contributed by atoms with Crippen LogP contribution in [-0.4, -0.2) is 24.7 Å². The van der Waals surface area contributed by atoms with Gasteiger partial charge in [0, 0.05) is 12.1 Å². The van der Waals surface area contributed by atoms with Gasteiger partial charge in [0.25, 0.3) is 5.91 Å². The molecule has 0 saturated heterocycles. The monoisotopic (exact) mass is 321 g/mol. The zero-order chi connectivity index (χ0) is 16.9. The van der Waals surface area contributed by atoms with Gasteiger partial charge in [0.05, 0.1) is 13.2 Å². The highest BCUT2D eigenvalue weighted by molar-refractivity contribution is 6.07. The van der Waals surface area contributed by atoms with Crippen molar-refractivity contribution in [3.8, 4) is 5.75 Å². The van der Waals surface area contributed by atoms with Crippen molar-refractivity contribution in [1.82, 2.24) is 5.32 Å². The summed E-state index contributed by atoms with van der Waals surface area (Å²) >= 11 is 0. The molecule has 3 aromatic rings. The lowest BCUT2D eigenvalue weighted by Crippen LogP contribution is -2.28. The van der Waals surface area contributed by atoms with Crippen LogP contribution in [0.25, 0.3) is 10.8 Å². The number of hydrogen-bond donors (Lipinski definition) is 2. The van der Waals surface area contributed by atoms with E-state index in [9.17, 15) is 9.90 Å². The third-order valence-corrected chi connectivity index (χ3v) is 3.99. The summed E-state index contributed by atoms with van der Waals surface area (Å²) < 4.78 is 5.09. The van der Waals surface area contributed by atoms with Gasteiger partial charge in [-0.3, -0.25) is 4.79 Å². The molecule has 1 amide bonds. The Hall–Kier alpha value is -2.85. The van der Waals surface area contributed by atoms with Gasteiger partial charge in [-0.15, -0.1) is 0 Å². The quantitative estimate of drug-likeness (QED) is 0.758. The Labute approximate surface area is 140 Å². The summed E-state index contributed by atoms with van der Waals surface area (Å²) in [4.78, 5) is 12.5. The molecule has 0 aliphatic heterocycles. The molecule has 0 aromatic heterocycles. The third-order valence-electron chi connectivity index (χ3n) is 3.99. The van der Waals surface area contributed by atoms with E-state index in [1.807, 2.05) is 36.4 Å². The fourth-order valence-corrected chi connectivity index (χ4v) is 2.65. The number of carbonyl (C=O) groups is 1. The molecule has 3 rings (SSSR count). The van der Waals surface area contributed by atoms with E-state index in [1.54, 1.807) is 37.4 Å². The van der Waals surface area contributed by atoms with Gasteiger partial charge in [-0.2, -0.15) is 0 Å². The number of rotatable bonds is 5. The molecule has 4 nitrogen and oxygen atoms in total. The van der Waals surface area contributed by atoms with Crippen molar-refractivity contribution in [3.05, 3.63) is 77.9 Å². The third kappa shape index (κ3) is 3.39. The molecule has 2 N–H and O–H groups in total. The summed E-state index contributed by atoms with van der Waals surface area (Å²) in [5, 5.41) is 14.9. The largest absolute Gasteiger partial charge is 0.497 e. The lowest BCUT2D eigenvalue weighted by molar-refractivity contribution is 0.0918. The highest BCUT2D eigenvalue weighted by Crippen LogP contribution is 2.19. The van der Waals surface area contributed by atoms with E-state index >= 15 is 0 Å². The molecule has 0 saturated carbocycles. The number of fused-ring (bicyclic) bond motifs is 1. The maximum atomic E-state index is 12.5. The van der Waals surface area contributed by atoms with Crippen molar-refractivity contribution in [2.75, 3.05) is 13.7 Å². The van der Waals surface area contributed by atoms with Crippen LogP contribution in [0, 0.1) is 0 Å². The number of carbonyl (C=O) groups excluding carboxylic acids is 1. The summed E-state index contributed by atoms with van der Waals surface area (Å²) in [6, 6.07) is 20.5. The summed E-state index contributed by atoms with van der Waals surface area (Å²) in [5.74, 6) is 0.533. The van der Waals surface area contributed by atoms with Gasteiger partial charge in [0.15, 0.2) is 0 Å². The van der Waals surface area contributed by atoms with E-state index in [0.29, 0.717) is 5.56 Å². The van der Waals surface area contributed by atoms with Crippen LogP contribution in [-0.2, 0) is 0 Å². The fraction of sp³-hybridized carbons (Fsp3) is 0.150. The Kier molecular flexibility index (Phi) is 4.77. The lowest BCUT2D eigenvalue weighted by Gasteiger charge is -2.13. The number of methoxy groups -OCH3 is 1. The molecule has 0 fully saturated rings.